The van der Waals surface area contributed by atoms with E-state index in [2.05, 4.69) is 15.3 Å². The van der Waals surface area contributed by atoms with Crippen molar-refractivity contribution in [2.45, 2.75) is 32.9 Å². The molecule has 2 aromatic carbocycles. The quantitative estimate of drug-likeness (QED) is 0.337. The van der Waals surface area contributed by atoms with Crippen LogP contribution in [-0.2, 0) is 16.4 Å². The molecule has 0 radical (unpaired) electrons. The first-order chi connectivity index (χ1) is 18.5. The van der Waals surface area contributed by atoms with E-state index in [4.69, 9.17) is 4.42 Å². The summed E-state index contributed by atoms with van der Waals surface area (Å²) in [5.74, 6) is -2.15. The number of carbonyl (C=O) groups excluding carboxylic acids is 1. The van der Waals surface area contributed by atoms with Gasteiger partial charge in [0.25, 0.3) is 5.89 Å². The Morgan fingerprint density at radius 3 is 2.49 bits per heavy atom. The van der Waals surface area contributed by atoms with Crippen LogP contribution in [0.15, 0.2) is 47.0 Å². The lowest BCUT2D eigenvalue weighted by atomic mass is 10.1. The van der Waals surface area contributed by atoms with Gasteiger partial charge in [-0.3, -0.25) is 9.58 Å². The van der Waals surface area contributed by atoms with Crippen LogP contribution in [0.3, 0.4) is 0 Å². The fourth-order valence-electron chi connectivity index (χ4n) is 4.37. The fraction of sp³-hybridized carbons (Fsp3) is 0.360. The Hall–Kier alpha value is -3.94. The normalized spacial score (nSPS) is 15.4. The highest BCUT2D eigenvalue weighted by atomic mass is 32.2. The van der Waals surface area contributed by atoms with Crippen molar-refractivity contribution in [3.05, 3.63) is 59.9 Å². The van der Waals surface area contributed by atoms with Gasteiger partial charge in [-0.15, -0.1) is 10.2 Å². The van der Waals surface area contributed by atoms with Crippen molar-refractivity contribution in [3.63, 3.8) is 0 Å². The zero-order valence-corrected chi connectivity index (χ0v) is 21.9. The van der Waals surface area contributed by atoms with Crippen LogP contribution in [0, 0.1) is 5.82 Å². The second-order valence-corrected chi connectivity index (χ2v) is 11.8. The Balaban J connectivity index is 1.49. The molecule has 10 nitrogen and oxygen atoms in total. The molecule has 4 aromatic rings. The summed E-state index contributed by atoms with van der Waals surface area (Å²) in [7, 11) is -3.23. The number of amides is 2. The van der Waals surface area contributed by atoms with Gasteiger partial charge in [0, 0.05) is 41.3 Å². The third-order valence-corrected chi connectivity index (χ3v) is 8.09. The van der Waals surface area contributed by atoms with Gasteiger partial charge in [-0.05, 0) is 44.2 Å². The van der Waals surface area contributed by atoms with Gasteiger partial charge in [-0.1, -0.05) is 6.07 Å². The number of sulfone groups is 1. The van der Waals surface area contributed by atoms with Gasteiger partial charge < -0.3 is 9.32 Å². The van der Waals surface area contributed by atoms with Crippen molar-refractivity contribution in [2.24, 2.45) is 0 Å². The molecule has 3 heterocycles. The SMILES string of the molecule is CC(C)n1ncc2ccc(N(Cc3ccc(-c4nnc(C(F)F)o4)cc3F)C(=O)N3CCS(=O)(=O)CC3)cc21. The molecule has 0 spiro atoms. The van der Waals surface area contributed by atoms with Crippen LogP contribution in [0.4, 0.5) is 23.7 Å². The Labute approximate surface area is 221 Å². The summed E-state index contributed by atoms with van der Waals surface area (Å²) in [4.78, 5) is 16.5. The van der Waals surface area contributed by atoms with Crippen LogP contribution < -0.4 is 4.90 Å². The maximum atomic E-state index is 15.3. The molecule has 39 heavy (non-hydrogen) atoms. The van der Waals surface area contributed by atoms with Crippen molar-refractivity contribution in [1.82, 2.24) is 24.9 Å². The maximum absolute atomic E-state index is 15.3. The number of urea groups is 1. The lowest BCUT2D eigenvalue weighted by molar-refractivity contribution is 0.116. The van der Waals surface area contributed by atoms with Crippen LogP contribution in [0.25, 0.3) is 22.4 Å². The molecule has 0 N–H and O–H groups in total. The van der Waals surface area contributed by atoms with Crippen molar-refractivity contribution < 1.29 is 30.8 Å². The van der Waals surface area contributed by atoms with E-state index in [1.807, 2.05) is 24.6 Å². The third-order valence-electron chi connectivity index (χ3n) is 6.48. The highest BCUT2D eigenvalue weighted by molar-refractivity contribution is 7.91. The molecule has 2 amide bonds. The predicted molar refractivity (Wildman–Crippen MR) is 137 cm³/mol. The molecule has 0 aliphatic carbocycles. The van der Waals surface area contributed by atoms with E-state index in [1.165, 1.54) is 21.9 Å². The van der Waals surface area contributed by atoms with Gasteiger partial charge in [-0.25, -0.2) is 17.6 Å². The minimum absolute atomic E-state index is 0.0227. The van der Waals surface area contributed by atoms with Gasteiger partial charge in [0.2, 0.25) is 5.89 Å². The molecule has 0 saturated carbocycles. The topological polar surface area (TPSA) is 114 Å². The number of fused-ring (bicyclic) bond motifs is 1. The number of nitrogens with zero attached hydrogens (tertiary/aromatic N) is 6. The van der Waals surface area contributed by atoms with Crippen molar-refractivity contribution in [3.8, 4) is 11.5 Å². The molecule has 206 valence electrons. The summed E-state index contributed by atoms with van der Waals surface area (Å²) in [6.45, 7) is 3.81. The molecule has 2 aromatic heterocycles. The first kappa shape index (κ1) is 26.7. The number of hydrogen-bond donors (Lipinski definition) is 0. The average molecular weight is 563 g/mol. The number of aromatic nitrogens is 4. The number of benzene rings is 2. The van der Waals surface area contributed by atoms with E-state index in [1.54, 1.807) is 18.3 Å². The average Bonchev–Trinajstić information content (AvgIpc) is 3.55. The highest BCUT2D eigenvalue weighted by Gasteiger charge is 2.30. The first-order valence-corrected chi connectivity index (χ1v) is 14.0. The van der Waals surface area contributed by atoms with Crippen molar-refractivity contribution >= 4 is 32.5 Å². The Kier molecular flexibility index (Phi) is 7.05. The number of hydrogen-bond acceptors (Lipinski definition) is 7. The predicted octanol–water partition coefficient (Wildman–Crippen LogP) is 4.60. The van der Waals surface area contributed by atoms with Crippen LogP contribution >= 0.6 is 0 Å². The van der Waals surface area contributed by atoms with Crippen LogP contribution in [0.1, 0.15) is 37.8 Å². The van der Waals surface area contributed by atoms with Crippen LogP contribution in [0.5, 0.6) is 0 Å². The summed E-state index contributed by atoms with van der Waals surface area (Å²) >= 11 is 0. The van der Waals surface area contributed by atoms with Gasteiger partial charge in [0.15, 0.2) is 9.84 Å². The Morgan fingerprint density at radius 2 is 1.85 bits per heavy atom. The number of carbonyl (C=O) groups is 1. The van der Waals surface area contributed by atoms with E-state index in [0.29, 0.717) is 5.69 Å². The Morgan fingerprint density at radius 1 is 1.10 bits per heavy atom. The van der Waals surface area contributed by atoms with Gasteiger partial charge in [0.05, 0.1) is 29.8 Å². The molecular formula is C25H25F3N6O4S. The lowest BCUT2D eigenvalue weighted by Gasteiger charge is -2.33. The number of anilines is 1. The van der Waals surface area contributed by atoms with E-state index in [-0.39, 0.29) is 54.2 Å². The second kappa shape index (κ2) is 10.3. The standard InChI is InChI=1S/C25H25F3N6O4S/c1-15(2)34-21-12-19(6-5-17(21)13-29-34)33(25(35)32-7-9-39(36,37)10-8-32)14-18-4-3-16(11-20(18)26)23-30-31-24(38-23)22(27)28/h3-6,11-13,15,22H,7-10,14H2,1-2H3. The second-order valence-electron chi connectivity index (χ2n) is 9.49. The Bertz CT molecular complexity index is 1620. The molecular weight excluding hydrogens is 537 g/mol. The summed E-state index contributed by atoms with van der Waals surface area (Å²) in [5, 5.41) is 12.1. The molecule has 0 atom stereocenters. The zero-order valence-electron chi connectivity index (χ0n) is 21.1. The van der Waals surface area contributed by atoms with Crippen LogP contribution in [0.2, 0.25) is 0 Å². The van der Waals surface area contributed by atoms with Crippen LogP contribution in [-0.4, -0.2) is 63.9 Å². The number of halogens is 3. The largest absolute Gasteiger partial charge is 0.415 e. The molecule has 1 aliphatic heterocycles. The van der Waals surface area contributed by atoms with Gasteiger partial charge in [0.1, 0.15) is 5.82 Å². The van der Waals surface area contributed by atoms with E-state index >= 15 is 4.39 Å². The van der Waals surface area contributed by atoms with Gasteiger partial charge in [-0.2, -0.15) is 13.9 Å². The maximum Gasteiger partial charge on any atom is 0.324 e. The lowest BCUT2D eigenvalue weighted by Crippen LogP contribution is -2.49. The van der Waals surface area contributed by atoms with Gasteiger partial charge >= 0.3 is 12.5 Å². The van der Waals surface area contributed by atoms with Crippen molar-refractivity contribution in [2.75, 3.05) is 29.5 Å². The molecule has 14 heteroatoms. The smallest absolute Gasteiger partial charge is 0.324 e. The number of rotatable bonds is 6. The minimum Gasteiger partial charge on any atom is -0.415 e. The molecule has 1 aliphatic rings. The minimum atomic E-state index is -3.23. The molecule has 5 rings (SSSR count). The molecule has 0 bridgehead atoms. The summed E-state index contributed by atoms with van der Waals surface area (Å²) in [6.07, 6.45) is -1.24. The molecule has 1 fully saturated rings. The van der Waals surface area contributed by atoms with E-state index < -0.39 is 34.0 Å². The molecule has 1 saturated heterocycles. The number of alkyl halides is 2. The molecule has 0 unspecified atom stereocenters. The highest BCUT2D eigenvalue weighted by Crippen LogP contribution is 2.29. The fourth-order valence-corrected chi connectivity index (χ4v) is 5.57. The summed E-state index contributed by atoms with van der Waals surface area (Å²) < 4.78 is 71.5. The monoisotopic (exact) mass is 562 g/mol. The third kappa shape index (κ3) is 5.46. The van der Waals surface area contributed by atoms with Crippen molar-refractivity contribution in [1.29, 1.82) is 0 Å². The first-order valence-electron chi connectivity index (χ1n) is 12.2. The summed E-state index contributed by atoms with van der Waals surface area (Å²) in [6, 6.07) is 8.83. The summed E-state index contributed by atoms with van der Waals surface area (Å²) in [5.41, 5.74) is 1.51. The van der Waals surface area contributed by atoms with E-state index in [0.717, 1.165) is 17.0 Å². The van der Waals surface area contributed by atoms with E-state index in [9.17, 15) is 22.0 Å². The zero-order chi connectivity index (χ0) is 27.9.